The lowest BCUT2D eigenvalue weighted by molar-refractivity contribution is 0.220. The molecule has 2 aromatic rings. The van der Waals surface area contributed by atoms with Crippen molar-refractivity contribution < 1.29 is 5.11 Å². The van der Waals surface area contributed by atoms with Gasteiger partial charge in [-0.25, -0.2) is 0 Å². The van der Waals surface area contributed by atoms with Gasteiger partial charge in [0.15, 0.2) is 0 Å². The van der Waals surface area contributed by atoms with E-state index in [1.54, 1.807) is 12.1 Å². The van der Waals surface area contributed by atoms with Gasteiger partial charge in [-0.3, -0.25) is 0 Å². The lowest BCUT2D eigenvalue weighted by Gasteiger charge is -2.15. The van der Waals surface area contributed by atoms with Crippen molar-refractivity contribution in [3.63, 3.8) is 0 Å². The second kappa shape index (κ2) is 5.42. The standard InChI is InChI=1S/C15H16ClNO/c1-17(2)14-9-5-12(6-10-14)15(18)11-3-7-13(16)8-4-11/h3-10,15,18H,1-2H3/t15-/m1/s1. The van der Waals surface area contributed by atoms with Crippen LogP contribution in [0.1, 0.15) is 17.2 Å². The number of hydrogen-bond donors (Lipinski definition) is 1. The van der Waals surface area contributed by atoms with Crippen molar-refractivity contribution in [1.82, 2.24) is 0 Å². The van der Waals surface area contributed by atoms with Gasteiger partial charge in [0.1, 0.15) is 6.10 Å². The van der Waals surface area contributed by atoms with Crippen molar-refractivity contribution in [3.05, 3.63) is 64.7 Å². The summed E-state index contributed by atoms with van der Waals surface area (Å²) in [6.45, 7) is 0. The van der Waals surface area contributed by atoms with Crippen LogP contribution in [0.25, 0.3) is 0 Å². The lowest BCUT2D eigenvalue weighted by Crippen LogP contribution is -2.08. The average Bonchev–Trinajstić information content (AvgIpc) is 2.39. The van der Waals surface area contributed by atoms with Gasteiger partial charge in [-0.2, -0.15) is 0 Å². The fourth-order valence-electron chi connectivity index (χ4n) is 1.79. The van der Waals surface area contributed by atoms with E-state index in [-0.39, 0.29) is 0 Å². The van der Waals surface area contributed by atoms with Gasteiger partial charge in [0, 0.05) is 24.8 Å². The minimum atomic E-state index is -0.613. The zero-order chi connectivity index (χ0) is 13.1. The van der Waals surface area contributed by atoms with E-state index >= 15 is 0 Å². The Labute approximate surface area is 112 Å². The summed E-state index contributed by atoms with van der Waals surface area (Å²) in [6.07, 6.45) is -0.613. The zero-order valence-corrected chi connectivity index (χ0v) is 11.2. The Hall–Kier alpha value is -1.51. The van der Waals surface area contributed by atoms with E-state index in [9.17, 15) is 5.11 Å². The molecule has 0 spiro atoms. The van der Waals surface area contributed by atoms with Gasteiger partial charge in [0.05, 0.1) is 0 Å². The number of rotatable bonds is 3. The SMILES string of the molecule is CN(C)c1ccc([C@H](O)c2ccc(Cl)cc2)cc1. The first-order valence-electron chi connectivity index (χ1n) is 5.79. The van der Waals surface area contributed by atoms with Crippen LogP contribution < -0.4 is 4.90 Å². The predicted molar refractivity (Wildman–Crippen MR) is 76.3 cm³/mol. The molecule has 0 saturated heterocycles. The average molecular weight is 262 g/mol. The maximum Gasteiger partial charge on any atom is 0.104 e. The van der Waals surface area contributed by atoms with Gasteiger partial charge in [0.25, 0.3) is 0 Å². The molecule has 1 atom stereocenters. The number of nitrogens with zero attached hydrogens (tertiary/aromatic N) is 1. The summed E-state index contributed by atoms with van der Waals surface area (Å²) in [4.78, 5) is 2.03. The maximum absolute atomic E-state index is 10.3. The highest BCUT2D eigenvalue weighted by Gasteiger charge is 2.10. The van der Waals surface area contributed by atoms with Crippen molar-refractivity contribution in [3.8, 4) is 0 Å². The molecule has 0 unspecified atom stereocenters. The molecule has 2 rings (SSSR count). The maximum atomic E-state index is 10.3. The molecular weight excluding hydrogens is 246 g/mol. The monoisotopic (exact) mass is 261 g/mol. The van der Waals surface area contributed by atoms with Crippen molar-refractivity contribution in [1.29, 1.82) is 0 Å². The molecular formula is C15H16ClNO. The second-order valence-corrected chi connectivity index (χ2v) is 4.88. The third kappa shape index (κ3) is 2.84. The Balaban J connectivity index is 2.23. The van der Waals surface area contributed by atoms with Crippen molar-refractivity contribution in [2.75, 3.05) is 19.0 Å². The van der Waals surface area contributed by atoms with E-state index in [4.69, 9.17) is 11.6 Å². The largest absolute Gasteiger partial charge is 0.384 e. The van der Waals surface area contributed by atoms with E-state index in [1.165, 1.54) is 0 Å². The summed E-state index contributed by atoms with van der Waals surface area (Å²) in [5.74, 6) is 0. The highest BCUT2D eigenvalue weighted by atomic mass is 35.5. The topological polar surface area (TPSA) is 23.5 Å². The first kappa shape index (κ1) is 12.9. The van der Waals surface area contributed by atoms with E-state index in [0.29, 0.717) is 5.02 Å². The summed E-state index contributed by atoms with van der Waals surface area (Å²) < 4.78 is 0. The molecule has 18 heavy (non-hydrogen) atoms. The number of aliphatic hydroxyl groups is 1. The van der Waals surface area contributed by atoms with Crippen LogP contribution in [0.4, 0.5) is 5.69 Å². The van der Waals surface area contributed by atoms with Gasteiger partial charge in [-0.05, 0) is 35.4 Å². The molecule has 94 valence electrons. The summed E-state index contributed by atoms with van der Waals surface area (Å²) in [7, 11) is 3.98. The lowest BCUT2D eigenvalue weighted by atomic mass is 10.0. The molecule has 0 saturated carbocycles. The van der Waals surface area contributed by atoms with E-state index < -0.39 is 6.10 Å². The van der Waals surface area contributed by atoms with Crippen LogP contribution in [0.15, 0.2) is 48.5 Å². The van der Waals surface area contributed by atoms with Gasteiger partial charge in [-0.15, -0.1) is 0 Å². The fourth-order valence-corrected chi connectivity index (χ4v) is 1.92. The molecule has 0 heterocycles. The molecule has 0 aliphatic carbocycles. The third-order valence-electron chi connectivity index (χ3n) is 2.91. The molecule has 2 nitrogen and oxygen atoms in total. The zero-order valence-electron chi connectivity index (χ0n) is 10.5. The minimum Gasteiger partial charge on any atom is -0.384 e. The Morgan fingerprint density at radius 3 is 1.78 bits per heavy atom. The van der Waals surface area contributed by atoms with Crippen LogP contribution >= 0.6 is 11.6 Å². The number of benzene rings is 2. The van der Waals surface area contributed by atoms with Crippen LogP contribution in [0.2, 0.25) is 5.02 Å². The number of aliphatic hydroxyl groups excluding tert-OH is 1. The minimum absolute atomic E-state index is 0.613. The first-order chi connectivity index (χ1) is 8.58. The Kier molecular flexibility index (Phi) is 3.90. The molecule has 0 radical (unpaired) electrons. The molecule has 3 heteroatoms. The van der Waals surface area contributed by atoms with Crippen LogP contribution in [0.3, 0.4) is 0 Å². The van der Waals surface area contributed by atoms with Crippen LogP contribution in [-0.4, -0.2) is 19.2 Å². The molecule has 0 aliphatic rings. The Bertz CT molecular complexity index is 505. The summed E-state index contributed by atoms with van der Waals surface area (Å²) >= 11 is 5.83. The summed E-state index contributed by atoms with van der Waals surface area (Å²) in [5, 5.41) is 10.9. The van der Waals surface area contributed by atoms with Crippen LogP contribution in [0.5, 0.6) is 0 Å². The van der Waals surface area contributed by atoms with E-state index in [1.807, 2.05) is 55.4 Å². The van der Waals surface area contributed by atoms with E-state index in [0.717, 1.165) is 16.8 Å². The van der Waals surface area contributed by atoms with Crippen LogP contribution in [-0.2, 0) is 0 Å². The number of hydrogen-bond acceptors (Lipinski definition) is 2. The van der Waals surface area contributed by atoms with Crippen molar-refractivity contribution in [2.24, 2.45) is 0 Å². The normalized spacial score (nSPS) is 12.2. The number of halogens is 1. The molecule has 0 amide bonds. The number of anilines is 1. The van der Waals surface area contributed by atoms with Gasteiger partial charge in [0.2, 0.25) is 0 Å². The smallest absolute Gasteiger partial charge is 0.104 e. The summed E-state index contributed by atoms with van der Waals surface area (Å²) in [5.41, 5.74) is 2.84. The third-order valence-corrected chi connectivity index (χ3v) is 3.16. The van der Waals surface area contributed by atoms with Crippen molar-refractivity contribution >= 4 is 17.3 Å². The Morgan fingerprint density at radius 2 is 1.33 bits per heavy atom. The highest BCUT2D eigenvalue weighted by Crippen LogP contribution is 2.24. The van der Waals surface area contributed by atoms with E-state index in [2.05, 4.69) is 0 Å². The van der Waals surface area contributed by atoms with Gasteiger partial charge in [-0.1, -0.05) is 35.9 Å². The molecule has 0 aromatic heterocycles. The molecule has 0 bridgehead atoms. The molecule has 0 fully saturated rings. The van der Waals surface area contributed by atoms with Gasteiger partial charge >= 0.3 is 0 Å². The fraction of sp³-hybridized carbons (Fsp3) is 0.200. The molecule has 2 aromatic carbocycles. The summed E-state index contributed by atoms with van der Waals surface area (Å²) in [6, 6.07) is 15.1. The molecule has 0 aliphatic heterocycles. The Morgan fingerprint density at radius 1 is 0.889 bits per heavy atom. The second-order valence-electron chi connectivity index (χ2n) is 4.44. The van der Waals surface area contributed by atoms with Crippen molar-refractivity contribution in [2.45, 2.75) is 6.10 Å². The van der Waals surface area contributed by atoms with Crippen LogP contribution in [0, 0.1) is 0 Å². The molecule has 1 N–H and O–H groups in total. The predicted octanol–water partition coefficient (Wildman–Crippen LogP) is 3.49. The first-order valence-corrected chi connectivity index (χ1v) is 6.16. The highest BCUT2D eigenvalue weighted by molar-refractivity contribution is 6.30. The van der Waals surface area contributed by atoms with Gasteiger partial charge < -0.3 is 10.0 Å². The quantitative estimate of drug-likeness (QED) is 0.914.